The van der Waals surface area contributed by atoms with Crippen LogP contribution in [0.5, 0.6) is 0 Å². The van der Waals surface area contributed by atoms with Gasteiger partial charge in [0.25, 0.3) is 11.8 Å². The quantitative estimate of drug-likeness (QED) is 0.372. The maximum atomic E-state index is 12.7. The molecule has 2 amide bonds. The first-order valence-corrected chi connectivity index (χ1v) is 10.5. The van der Waals surface area contributed by atoms with Gasteiger partial charge in [-0.2, -0.15) is 0 Å². The number of carbonyl (C=O) groups is 2. The Morgan fingerprint density at radius 1 is 1.17 bits per heavy atom. The van der Waals surface area contributed by atoms with Gasteiger partial charge < -0.3 is 10.1 Å². The minimum absolute atomic E-state index is 0.268. The molecule has 1 aromatic carbocycles. The molecular weight excluding hydrogens is 368 g/mol. The van der Waals surface area contributed by atoms with Crippen LogP contribution in [-0.2, 0) is 14.4 Å². The monoisotopic (exact) mass is 404 g/mol. The summed E-state index contributed by atoms with van der Waals surface area (Å²) in [5.41, 5.74) is 1.47. The predicted octanol–water partition coefficient (Wildman–Crippen LogP) is 4.22. The van der Waals surface area contributed by atoms with Crippen molar-refractivity contribution in [1.29, 1.82) is 0 Å². The lowest BCUT2D eigenvalue weighted by molar-refractivity contribution is -0.171. The van der Waals surface area contributed by atoms with Crippen LogP contribution in [0.3, 0.4) is 0 Å². The number of ether oxygens (including phenoxy) is 1. The third-order valence-electron chi connectivity index (χ3n) is 4.62. The van der Waals surface area contributed by atoms with Gasteiger partial charge in [-0.05, 0) is 50.3 Å². The third-order valence-corrected chi connectivity index (χ3v) is 4.62. The zero-order chi connectivity index (χ0) is 21.5. The van der Waals surface area contributed by atoms with Crippen molar-refractivity contribution >= 4 is 17.9 Å². The summed E-state index contributed by atoms with van der Waals surface area (Å²) >= 11 is 0. The molecule has 0 saturated carbocycles. The van der Waals surface area contributed by atoms with Crippen molar-refractivity contribution in [3.8, 4) is 0 Å². The largest absolute Gasteiger partial charge is 0.381 e. The van der Waals surface area contributed by atoms with Gasteiger partial charge in [0, 0.05) is 25.8 Å². The molecule has 1 aromatic rings. The van der Waals surface area contributed by atoms with E-state index < -0.39 is 6.04 Å². The lowest BCUT2D eigenvalue weighted by atomic mass is 10.1. The SMILES string of the molecule is C/C=C\c1cccc(C(=O)NC(CCCCOCCCCC)C(=O)N(C)OC)c1. The summed E-state index contributed by atoms with van der Waals surface area (Å²) in [4.78, 5) is 30.3. The van der Waals surface area contributed by atoms with Gasteiger partial charge in [0.2, 0.25) is 0 Å². The molecule has 0 radical (unpaired) electrons. The van der Waals surface area contributed by atoms with Crippen LogP contribution in [0.4, 0.5) is 0 Å². The number of rotatable bonds is 14. The van der Waals surface area contributed by atoms with Gasteiger partial charge >= 0.3 is 0 Å². The van der Waals surface area contributed by atoms with Crippen LogP contribution in [0, 0.1) is 0 Å². The summed E-state index contributed by atoms with van der Waals surface area (Å²) in [7, 11) is 2.98. The van der Waals surface area contributed by atoms with Gasteiger partial charge in [-0.25, -0.2) is 5.06 Å². The number of hydroxylamine groups is 2. The zero-order valence-corrected chi connectivity index (χ0v) is 18.3. The van der Waals surface area contributed by atoms with Crippen LogP contribution < -0.4 is 5.32 Å². The van der Waals surface area contributed by atoms with E-state index in [2.05, 4.69) is 12.2 Å². The average molecular weight is 405 g/mol. The van der Waals surface area contributed by atoms with Crippen molar-refractivity contribution in [3.05, 3.63) is 41.5 Å². The summed E-state index contributed by atoms with van der Waals surface area (Å²) in [5, 5.41) is 4.02. The molecule has 0 fully saturated rings. The fraction of sp³-hybridized carbons (Fsp3) is 0.565. The number of nitrogens with one attached hydrogen (secondary N) is 1. The maximum Gasteiger partial charge on any atom is 0.268 e. The molecule has 162 valence electrons. The number of hydrogen-bond donors (Lipinski definition) is 1. The molecule has 0 spiro atoms. The molecule has 0 aromatic heterocycles. The number of amides is 2. The molecule has 0 saturated heterocycles. The van der Waals surface area contributed by atoms with E-state index in [0.29, 0.717) is 18.6 Å². The Hall–Kier alpha value is -2.18. The van der Waals surface area contributed by atoms with Crippen LogP contribution in [-0.4, -0.2) is 50.3 Å². The minimum atomic E-state index is -0.641. The van der Waals surface area contributed by atoms with Gasteiger partial charge in [-0.1, -0.05) is 44.1 Å². The second-order valence-electron chi connectivity index (χ2n) is 6.99. The Bertz CT molecular complexity index is 646. The Balaban J connectivity index is 2.62. The number of likely N-dealkylation sites (N-methyl/N-ethyl adjacent to an activating group) is 1. The Morgan fingerprint density at radius 3 is 2.55 bits per heavy atom. The molecule has 0 bridgehead atoms. The van der Waals surface area contributed by atoms with Crippen LogP contribution in [0.25, 0.3) is 6.08 Å². The molecule has 1 rings (SSSR count). The molecule has 0 aliphatic rings. The molecule has 29 heavy (non-hydrogen) atoms. The molecule has 1 atom stereocenters. The van der Waals surface area contributed by atoms with Gasteiger partial charge in [-0.15, -0.1) is 0 Å². The maximum absolute atomic E-state index is 12.7. The highest BCUT2D eigenvalue weighted by Gasteiger charge is 2.24. The van der Waals surface area contributed by atoms with Crippen molar-refractivity contribution in [3.63, 3.8) is 0 Å². The van der Waals surface area contributed by atoms with E-state index in [1.54, 1.807) is 19.2 Å². The zero-order valence-electron chi connectivity index (χ0n) is 18.3. The second-order valence-corrected chi connectivity index (χ2v) is 6.99. The number of hydrogen-bond acceptors (Lipinski definition) is 4. The topological polar surface area (TPSA) is 67.9 Å². The first kappa shape index (κ1) is 24.9. The molecule has 1 N–H and O–H groups in total. The number of allylic oxidation sites excluding steroid dienone is 1. The van der Waals surface area contributed by atoms with E-state index in [0.717, 1.165) is 36.5 Å². The van der Waals surface area contributed by atoms with E-state index in [1.807, 2.05) is 31.2 Å². The second kappa shape index (κ2) is 14.8. The summed E-state index contributed by atoms with van der Waals surface area (Å²) in [6, 6.07) is 6.67. The fourth-order valence-electron chi connectivity index (χ4n) is 2.89. The van der Waals surface area contributed by atoms with Crippen molar-refractivity contribution < 1.29 is 19.2 Å². The molecular formula is C23H36N2O4. The highest BCUT2D eigenvalue weighted by Crippen LogP contribution is 2.10. The Kier molecular flexibility index (Phi) is 12.7. The molecule has 1 unspecified atom stereocenters. The summed E-state index contributed by atoms with van der Waals surface area (Å²) in [6.45, 7) is 5.54. The first-order valence-electron chi connectivity index (χ1n) is 10.5. The van der Waals surface area contributed by atoms with Crippen LogP contribution in [0.1, 0.15) is 68.3 Å². The minimum Gasteiger partial charge on any atom is -0.381 e. The van der Waals surface area contributed by atoms with E-state index >= 15 is 0 Å². The van der Waals surface area contributed by atoms with E-state index in [9.17, 15) is 9.59 Å². The molecule has 0 aliphatic carbocycles. The van der Waals surface area contributed by atoms with Crippen molar-refractivity contribution in [2.24, 2.45) is 0 Å². The van der Waals surface area contributed by atoms with Crippen LogP contribution in [0.15, 0.2) is 30.3 Å². The van der Waals surface area contributed by atoms with Crippen molar-refractivity contribution in [2.75, 3.05) is 27.4 Å². The van der Waals surface area contributed by atoms with Crippen molar-refractivity contribution in [1.82, 2.24) is 10.4 Å². The number of nitrogens with zero attached hydrogens (tertiary/aromatic N) is 1. The highest BCUT2D eigenvalue weighted by atomic mass is 16.7. The predicted molar refractivity (Wildman–Crippen MR) is 116 cm³/mol. The van der Waals surface area contributed by atoms with E-state index in [4.69, 9.17) is 9.57 Å². The lowest BCUT2D eigenvalue weighted by Crippen LogP contribution is -2.47. The molecule has 6 heteroatoms. The summed E-state index contributed by atoms with van der Waals surface area (Å²) in [6.07, 6.45) is 9.45. The van der Waals surface area contributed by atoms with Gasteiger partial charge in [0.05, 0.1) is 7.11 Å². The van der Waals surface area contributed by atoms with Gasteiger partial charge in [0.1, 0.15) is 6.04 Å². The molecule has 0 heterocycles. The number of benzene rings is 1. The highest BCUT2D eigenvalue weighted by molar-refractivity contribution is 5.97. The van der Waals surface area contributed by atoms with E-state index in [-0.39, 0.29) is 11.8 Å². The number of unbranched alkanes of at least 4 members (excludes halogenated alkanes) is 3. The summed E-state index contributed by atoms with van der Waals surface area (Å²) < 4.78 is 5.62. The normalized spacial score (nSPS) is 12.1. The molecule has 6 nitrogen and oxygen atoms in total. The Morgan fingerprint density at radius 2 is 1.90 bits per heavy atom. The third kappa shape index (κ3) is 9.72. The van der Waals surface area contributed by atoms with Gasteiger partial charge in [0.15, 0.2) is 0 Å². The lowest BCUT2D eigenvalue weighted by Gasteiger charge is -2.23. The first-order chi connectivity index (χ1) is 14.0. The Labute approximate surface area is 175 Å². The van der Waals surface area contributed by atoms with Crippen molar-refractivity contribution in [2.45, 2.75) is 58.4 Å². The number of carbonyl (C=O) groups excluding carboxylic acids is 2. The average Bonchev–Trinajstić information content (AvgIpc) is 2.74. The van der Waals surface area contributed by atoms with Crippen LogP contribution >= 0.6 is 0 Å². The van der Waals surface area contributed by atoms with Gasteiger partial charge in [-0.3, -0.25) is 14.4 Å². The molecule has 0 aliphatic heterocycles. The van der Waals surface area contributed by atoms with Crippen LogP contribution in [0.2, 0.25) is 0 Å². The summed E-state index contributed by atoms with van der Waals surface area (Å²) in [5.74, 6) is -0.538. The smallest absolute Gasteiger partial charge is 0.268 e. The van der Waals surface area contributed by atoms with E-state index in [1.165, 1.54) is 20.0 Å². The fourth-order valence-corrected chi connectivity index (χ4v) is 2.89. The standard InChI is InChI=1S/C23H36N2O4/c1-5-7-9-16-29-17-10-8-15-21(23(27)25(3)28-4)24-22(26)20-14-11-13-19(18-20)12-6-2/h6,11-14,18,21H,5,7-10,15-17H2,1-4H3,(H,24,26)/b12-6-.